The maximum Gasteiger partial charge on any atom is 0.0458 e. The van der Waals surface area contributed by atoms with Crippen LogP contribution < -0.4 is 5.32 Å². The standard InChI is InChI=1S/C15H20N2/c1-10-9-16-8-7-12(10)15-11(2)17-14-6-4-3-5-13(14)15/h3-6,10,12,16-17H,7-9H2,1-2H3. The lowest BCUT2D eigenvalue weighted by molar-refractivity contribution is 0.350. The molecule has 17 heavy (non-hydrogen) atoms. The van der Waals surface area contributed by atoms with Crippen LogP contribution in [0, 0.1) is 12.8 Å². The van der Waals surface area contributed by atoms with E-state index >= 15 is 0 Å². The van der Waals surface area contributed by atoms with Crippen LogP contribution in [-0.2, 0) is 0 Å². The Balaban J connectivity index is 2.12. The van der Waals surface area contributed by atoms with Crippen molar-refractivity contribution in [3.05, 3.63) is 35.5 Å². The van der Waals surface area contributed by atoms with Crippen molar-refractivity contribution in [2.75, 3.05) is 13.1 Å². The molecule has 0 bridgehead atoms. The maximum atomic E-state index is 3.52. The van der Waals surface area contributed by atoms with Gasteiger partial charge in [0.15, 0.2) is 0 Å². The summed E-state index contributed by atoms with van der Waals surface area (Å²) in [7, 11) is 0. The van der Waals surface area contributed by atoms with Crippen LogP contribution in [0.2, 0.25) is 0 Å². The summed E-state index contributed by atoms with van der Waals surface area (Å²) >= 11 is 0. The zero-order chi connectivity index (χ0) is 11.8. The van der Waals surface area contributed by atoms with E-state index < -0.39 is 0 Å². The number of H-pyrrole nitrogens is 1. The number of nitrogens with one attached hydrogen (secondary N) is 2. The largest absolute Gasteiger partial charge is 0.358 e. The van der Waals surface area contributed by atoms with Gasteiger partial charge in [0.1, 0.15) is 0 Å². The van der Waals surface area contributed by atoms with Crippen LogP contribution in [-0.4, -0.2) is 18.1 Å². The van der Waals surface area contributed by atoms with Gasteiger partial charge in [0, 0.05) is 16.6 Å². The van der Waals surface area contributed by atoms with Crippen LogP contribution in [0.1, 0.15) is 30.5 Å². The second-order valence-electron chi connectivity index (χ2n) is 5.29. The third-order valence-corrected chi connectivity index (χ3v) is 4.10. The molecule has 2 nitrogen and oxygen atoms in total. The Morgan fingerprint density at radius 1 is 1.24 bits per heavy atom. The number of para-hydroxylation sites is 1. The van der Waals surface area contributed by atoms with Crippen LogP contribution in [0.5, 0.6) is 0 Å². The quantitative estimate of drug-likeness (QED) is 0.771. The third kappa shape index (κ3) is 1.77. The summed E-state index contributed by atoms with van der Waals surface area (Å²) in [5.74, 6) is 1.43. The van der Waals surface area contributed by atoms with E-state index in [1.54, 1.807) is 5.56 Å². The van der Waals surface area contributed by atoms with Crippen LogP contribution in [0.15, 0.2) is 24.3 Å². The van der Waals surface area contributed by atoms with Crippen molar-refractivity contribution in [2.24, 2.45) is 5.92 Å². The Morgan fingerprint density at radius 3 is 2.88 bits per heavy atom. The zero-order valence-electron chi connectivity index (χ0n) is 10.6. The minimum absolute atomic E-state index is 0.701. The van der Waals surface area contributed by atoms with E-state index in [0.717, 1.165) is 19.0 Å². The second-order valence-corrected chi connectivity index (χ2v) is 5.29. The molecule has 3 rings (SSSR count). The molecule has 2 heterocycles. The highest BCUT2D eigenvalue weighted by atomic mass is 14.9. The van der Waals surface area contributed by atoms with Gasteiger partial charge >= 0.3 is 0 Å². The molecule has 0 spiro atoms. The van der Waals surface area contributed by atoms with E-state index in [1.807, 2.05) is 0 Å². The molecule has 1 fully saturated rings. The number of aromatic amines is 1. The Labute approximate surface area is 102 Å². The Bertz CT molecular complexity index is 527. The highest BCUT2D eigenvalue weighted by Crippen LogP contribution is 2.36. The number of hydrogen-bond donors (Lipinski definition) is 2. The normalized spacial score (nSPS) is 25.3. The number of hydrogen-bond acceptors (Lipinski definition) is 1. The van der Waals surface area contributed by atoms with Crippen LogP contribution in [0.4, 0.5) is 0 Å². The zero-order valence-corrected chi connectivity index (χ0v) is 10.6. The van der Waals surface area contributed by atoms with Crippen molar-refractivity contribution >= 4 is 10.9 Å². The molecule has 2 aromatic rings. The van der Waals surface area contributed by atoms with Gasteiger partial charge in [-0.2, -0.15) is 0 Å². The molecule has 0 amide bonds. The average molecular weight is 228 g/mol. The van der Waals surface area contributed by atoms with Gasteiger partial charge in [0.2, 0.25) is 0 Å². The van der Waals surface area contributed by atoms with E-state index in [4.69, 9.17) is 0 Å². The van der Waals surface area contributed by atoms with Crippen molar-refractivity contribution in [3.8, 4) is 0 Å². The number of fused-ring (bicyclic) bond motifs is 1. The molecule has 1 aromatic carbocycles. The summed E-state index contributed by atoms with van der Waals surface area (Å²) < 4.78 is 0. The van der Waals surface area contributed by atoms with Crippen molar-refractivity contribution in [3.63, 3.8) is 0 Å². The first kappa shape index (κ1) is 10.8. The van der Waals surface area contributed by atoms with Crippen molar-refractivity contribution in [1.82, 2.24) is 10.3 Å². The SMILES string of the molecule is Cc1[nH]c2ccccc2c1C1CCNCC1C. The molecule has 0 aliphatic carbocycles. The monoisotopic (exact) mass is 228 g/mol. The lowest BCUT2D eigenvalue weighted by Gasteiger charge is -2.30. The minimum atomic E-state index is 0.701. The fourth-order valence-corrected chi connectivity index (χ4v) is 3.22. The van der Waals surface area contributed by atoms with Gasteiger partial charge in [-0.1, -0.05) is 25.1 Å². The van der Waals surface area contributed by atoms with Gasteiger partial charge in [-0.05, 0) is 49.9 Å². The van der Waals surface area contributed by atoms with Gasteiger partial charge in [-0.25, -0.2) is 0 Å². The van der Waals surface area contributed by atoms with E-state index in [1.165, 1.54) is 23.0 Å². The van der Waals surface area contributed by atoms with E-state index in [2.05, 4.69) is 48.4 Å². The molecule has 1 saturated heterocycles. The van der Waals surface area contributed by atoms with Crippen molar-refractivity contribution in [2.45, 2.75) is 26.2 Å². The van der Waals surface area contributed by atoms with E-state index in [9.17, 15) is 0 Å². The predicted octanol–water partition coefficient (Wildman–Crippen LogP) is 3.19. The van der Waals surface area contributed by atoms with Gasteiger partial charge in [0.05, 0.1) is 0 Å². The second kappa shape index (κ2) is 4.19. The number of benzene rings is 1. The highest BCUT2D eigenvalue weighted by Gasteiger charge is 2.26. The van der Waals surface area contributed by atoms with Crippen LogP contribution in [0.25, 0.3) is 10.9 Å². The molecule has 2 N–H and O–H groups in total. The first-order valence-electron chi connectivity index (χ1n) is 6.55. The topological polar surface area (TPSA) is 27.8 Å². The fourth-order valence-electron chi connectivity index (χ4n) is 3.22. The lowest BCUT2D eigenvalue weighted by Crippen LogP contribution is -2.33. The molecule has 0 radical (unpaired) electrons. The fraction of sp³-hybridized carbons (Fsp3) is 0.467. The predicted molar refractivity (Wildman–Crippen MR) is 72.4 cm³/mol. The van der Waals surface area contributed by atoms with Gasteiger partial charge in [0.25, 0.3) is 0 Å². The minimum Gasteiger partial charge on any atom is -0.358 e. The molecule has 2 atom stereocenters. The molecule has 2 heteroatoms. The van der Waals surface area contributed by atoms with Crippen LogP contribution >= 0.6 is 0 Å². The molecule has 1 aliphatic heterocycles. The van der Waals surface area contributed by atoms with Gasteiger partial charge in [-0.15, -0.1) is 0 Å². The van der Waals surface area contributed by atoms with Gasteiger partial charge in [-0.3, -0.25) is 0 Å². The number of rotatable bonds is 1. The molecule has 90 valence electrons. The van der Waals surface area contributed by atoms with Gasteiger partial charge < -0.3 is 10.3 Å². The molecule has 1 aromatic heterocycles. The summed E-state index contributed by atoms with van der Waals surface area (Å²) in [5.41, 5.74) is 4.19. The van der Waals surface area contributed by atoms with Crippen molar-refractivity contribution < 1.29 is 0 Å². The van der Waals surface area contributed by atoms with Crippen molar-refractivity contribution in [1.29, 1.82) is 0 Å². The Hall–Kier alpha value is -1.28. The average Bonchev–Trinajstić information content (AvgIpc) is 2.66. The molecule has 1 aliphatic rings. The third-order valence-electron chi connectivity index (χ3n) is 4.10. The smallest absolute Gasteiger partial charge is 0.0458 e. The Kier molecular flexibility index (Phi) is 2.67. The first-order valence-corrected chi connectivity index (χ1v) is 6.55. The Morgan fingerprint density at radius 2 is 2.06 bits per heavy atom. The van der Waals surface area contributed by atoms with Crippen LogP contribution in [0.3, 0.4) is 0 Å². The lowest BCUT2D eigenvalue weighted by atomic mass is 9.81. The molecule has 0 saturated carbocycles. The first-order chi connectivity index (χ1) is 8.27. The summed E-state index contributed by atoms with van der Waals surface area (Å²) in [6.07, 6.45) is 1.25. The maximum absolute atomic E-state index is 3.52. The van der Waals surface area contributed by atoms with E-state index in [-0.39, 0.29) is 0 Å². The number of aryl methyl sites for hydroxylation is 1. The summed E-state index contributed by atoms with van der Waals surface area (Å²) in [5, 5.41) is 4.90. The number of piperidine rings is 1. The van der Waals surface area contributed by atoms with E-state index in [0.29, 0.717) is 5.92 Å². The summed E-state index contributed by atoms with van der Waals surface area (Å²) in [6, 6.07) is 8.68. The highest BCUT2D eigenvalue weighted by molar-refractivity contribution is 5.85. The summed E-state index contributed by atoms with van der Waals surface area (Å²) in [6.45, 7) is 6.86. The molecular weight excluding hydrogens is 208 g/mol. The number of aromatic nitrogens is 1. The summed E-state index contributed by atoms with van der Waals surface area (Å²) in [4.78, 5) is 3.52. The molecule has 2 unspecified atom stereocenters. The molecular formula is C15H20N2.